The second kappa shape index (κ2) is 6.40. The van der Waals surface area contributed by atoms with Crippen LogP contribution in [0.5, 0.6) is 5.75 Å². The van der Waals surface area contributed by atoms with E-state index in [-0.39, 0.29) is 22.7 Å². The Hall–Kier alpha value is -3.83. The largest absolute Gasteiger partial charge is 0.483 e. The number of ether oxygens (including phenoxy) is 1. The summed E-state index contributed by atoms with van der Waals surface area (Å²) in [5.74, 6) is -3.81. The number of nitrogens with one attached hydrogen (secondary N) is 2. The van der Waals surface area contributed by atoms with Crippen LogP contribution in [0.25, 0.3) is 16.9 Å². The molecule has 0 unspecified atom stereocenters. The summed E-state index contributed by atoms with van der Waals surface area (Å²) in [6.07, 6.45) is 6.74. The summed E-state index contributed by atoms with van der Waals surface area (Å²) >= 11 is 0. The first-order valence-electron chi connectivity index (χ1n) is 8.00. The third-order valence-electron chi connectivity index (χ3n) is 3.98. The molecule has 10 nitrogen and oxygen atoms in total. The molecule has 4 rings (SSSR count). The molecule has 0 bridgehead atoms. The molecule has 28 heavy (non-hydrogen) atoms. The van der Waals surface area contributed by atoms with E-state index in [1.54, 1.807) is 0 Å². The molecule has 0 aliphatic rings. The molecule has 0 saturated heterocycles. The van der Waals surface area contributed by atoms with E-state index in [2.05, 4.69) is 25.0 Å². The minimum atomic E-state index is -3.36. The summed E-state index contributed by atoms with van der Waals surface area (Å²) in [5, 5.41) is 4.19. The zero-order valence-electron chi connectivity index (χ0n) is 14.4. The molecular formula is C16H13F2N7O3. The maximum Gasteiger partial charge on any atom is 0.337 e. The summed E-state index contributed by atoms with van der Waals surface area (Å²) in [6.45, 7) is -0.994. The van der Waals surface area contributed by atoms with Gasteiger partial charge in [0.25, 0.3) is 5.56 Å². The van der Waals surface area contributed by atoms with Crippen LogP contribution in [0.2, 0.25) is 0 Å². The Balaban J connectivity index is 1.73. The van der Waals surface area contributed by atoms with Crippen LogP contribution in [0.1, 0.15) is 5.82 Å². The first-order chi connectivity index (χ1) is 13.3. The van der Waals surface area contributed by atoms with Crippen LogP contribution in [0.4, 0.5) is 8.78 Å². The van der Waals surface area contributed by atoms with Gasteiger partial charge in [0.15, 0.2) is 23.8 Å². The summed E-state index contributed by atoms with van der Waals surface area (Å²) in [4.78, 5) is 35.3. The first kappa shape index (κ1) is 17.6. The van der Waals surface area contributed by atoms with Gasteiger partial charge in [-0.25, -0.2) is 19.3 Å². The molecule has 0 amide bonds. The summed E-state index contributed by atoms with van der Waals surface area (Å²) in [6, 6.07) is 1.31. The molecule has 144 valence electrons. The molecule has 0 aliphatic carbocycles. The number of H-pyrrole nitrogens is 2. The molecule has 2 N–H and O–H groups in total. The second-order valence-electron chi connectivity index (χ2n) is 5.93. The maximum absolute atomic E-state index is 14.4. The van der Waals surface area contributed by atoms with Crippen molar-refractivity contribution in [2.45, 2.75) is 5.92 Å². The van der Waals surface area contributed by atoms with Crippen molar-refractivity contribution < 1.29 is 13.5 Å². The summed E-state index contributed by atoms with van der Waals surface area (Å²) in [7, 11) is 1.45. The number of rotatable bonds is 5. The molecular weight excluding hydrogens is 376 g/mol. The number of aryl methyl sites for hydroxylation is 1. The molecule has 0 fully saturated rings. The lowest BCUT2D eigenvalue weighted by molar-refractivity contribution is -0.0562. The Kier molecular flexibility index (Phi) is 4.02. The fraction of sp³-hybridized carbons (Fsp3) is 0.188. The zero-order chi connectivity index (χ0) is 19.9. The number of alkyl halides is 2. The number of aromatic amines is 2. The number of hydrogen-bond acceptors (Lipinski definition) is 6. The Labute approximate surface area is 154 Å². The van der Waals surface area contributed by atoms with Crippen molar-refractivity contribution in [1.82, 2.24) is 34.1 Å². The highest BCUT2D eigenvalue weighted by molar-refractivity contribution is 5.64. The van der Waals surface area contributed by atoms with E-state index in [0.717, 1.165) is 0 Å². The van der Waals surface area contributed by atoms with Crippen LogP contribution in [0, 0.1) is 0 Å². The van der Waals surface area contributed by atoms with Gasteiger partial charge in [0.05, 0.1) is 5.56 Å². The fourth-order valence-electron chi connectivity index (χ4n) is 2.68. The van der Waals surface area contributed by atoms with E-state index in [9.17, 15) is 18.4 Å². The van der Waals surface area contributed by atoms with Crippen molar-refractivity contribution in [3.8, 4) is 17.0 Å². The van der Waals surface area contributed by atoms with E-state index >= 15 is 0 Å². The highest BCUT2D eigenvalue weighted by atomic mass is 19.3. The van der Waals surface area contributed by atoms with E-state index in [4.69, 9.17) is 4.74 Å². The molecule has 0 saturated carbocycles. The standard InChI is InChI=1S/C16H13F2N7O3/c1-24-4-2-20-14(24)16(17,18)8-28-11-6-10(23-25-5-3-19-12(11)25)9-7-21-15(27)22-13(9)26/h2-7H,8H2,1H3,(H2,21,22,26,27). The lowest BCUT2D eigenvalue weighted by Gasteiger charge is -2.17. The second-order valence-corrected chi connectivity index (χ2v) is 5.93. The highest BCUT2D eigenvalue weighted by Gasteiger charge is 2.37. The minimum absolute atomic E-state index is 0.00511. The molecule has 0 atom stereocenters. The van der Waals surface area contributed by atoms with Crippen LogP contribution in [-0.4, -0.2) is 40.7 Å². The first-order valence-corrected chi connectivity index (χ1v) is 8.00. The van der Waals surface area contributed by atoms with Crippen molar-refractivity contribution in [3.05, 3.63) is 63.7 Å². The van der Waals surface area contributed by atoms with E-state index < -0.39 is 29.6 Å². The van der Waals surface area contributed by atoms with Gasteiger partial charge in [0.1, 0.15) is 5.69 Å². The SMILES string of the molecule is Cn1ccnc1C(F)(F)COc1cc(-c2c[nH]c(=O)[nH]c2=O)nn2ccnc12. The third kappa shape index (κ3) is 3.04. The van der Waals surface area contributed by atoms with Gasteiger partial charge in [-0.15, -0.1) is 0 Å². The van der Waals surface area contributed by atoms with E-state index in [1.165, 1.54) is 53.2 Å². The zero-order valence-corrected chi connectivity index (χ0v) is 14.4. The van der Waals surface area contributed by atoms with Gasteiger partial charge in [0.2, 0.25) is 0 Å². The van der Waals surface area contributed by atoms with Crippen LogP contribution in [-0.2, 0) is 13.0 Å². The van der Waals surface area contributed by atoms with Crippen molar-refractivity contribution in [2.24, 2.45) is 7.05 Å². The smallest absolute Gasteiger partial charge is 0.337 e. The van der Waals surface area contributed by atoms with Gasteiger partial charge in [-0.05, 0) is 0 Å². The summed E-state index contributed by atoms with van der Waals surface area (Å²) in [5.41, 5.74) is -1.02. The van der Waals surface area contributed by atoms with E-state index in [0.29, 0.717) is 0 Å². The number of halogens is 2. The quantitative estimate of drug-likeness (QED) is 0.517. The molecule has 0 aliphatic heterocycles. The van der Waals surface area contributed by atoms with Crippen LogP contribution in [0.3, 0.4) is 0 Å². The molecule has 4 heterocycles. The molecule has 0 radical (unpaired) electrons. The van der Waals surface area contributed by atoms with Crippen molar-refractivity contribution in [2.75, 3.05) is 6.61 Å². The highest BCUT2D eigenvalue weighted by Crippen LogP contribution is 2.29. The number of hydrogen-bond donors (Lipinski definition) is 2. The van der Waals surface area contributed by atoms with E-state index in [1.807, 2.05) is 0 Å². The third-order valence-corrected chi connectivity index (χ3v) is 3.98. The fourth-order valence-corrected chi connectivity index (χ4v) is 2.68. The molecule has 12 heteroatoms. The molecule has 0 spiro atoms. The van der Waals surface area contributed by atoms with Gasteiger partial charge in [-0.1, -0.05) is 0 Å². The van der Waals surface area contributed by atoms with Crippen LogP contribution >= 0.6 is 0 Å². The van der Waals surface area contributed by atoms with Gasteiger partial charge in [-0.3, -0.25) is 9.78 Å². The number of imidazole rings is 2. The molecule has 4 aromatic heterocycles. The van der Waals surface area contributed by atoms with Crippen molar-refractivity contribution >= 4 is 5.65 Å². The maximum atomic E-state index is 14.4. The lowest BCUT2D eigenvalue weighted by Crippen LogP contribution is -2.27. The molecule has 0 aromatic carbocycles. The lowest BCUT2D eigenvalue weighted by atomic mass is 10.2. The van der Waals surface area contributed by atoms with Gasteiger partial charge >= 0.3 is 11.6 Å². The monoisotopic (exact) mass is 389 g/mol. The van der Waals surface area contributed by atoms with Gasteiger partial charge in [0, 0.05) is 44.1 Å². The molecule has 4 aromatic rings. The van der Waals surface area contributed by atoms with Crippen LogP contribution < -0.4 is 16.0 Å². The van der Waals surface area contributed by atoms with Gasteiger partial charge in [-0.2, -0.15) is 13.9 Å². The number of fused-ring (bicyclic) bond motifs is 1. The Morgan fingerprint density at radius 1 is 1.21 bits per heavy atom. The van der Waals surface area contributed by atoms with Crippen LogP contribution in [0.15, 0.2) is 46.6 Å². The predicted octanol–water partition coefficient (Wildman–Crippen LogP) is 0.677. The Bertz CT molecular complexity index is 1270. The average molecular weight is 389 g/mol. The summed E-state index contributed by atoms with van der Waals surface area (Å²) < 4.78 is 36.7. The normalized spacial score (nSPS) is 11.8. The Morgan fingerprint density at radius 3 is 2.71 bits per heavy atom. The Morgan fingerprint density at radius 2 is 2.00 bits per heavy atom. The van der Waals surface area contributed by atoms with Crippen molar-refractivity contribution in [1.29, 1.82) is 0 Å². The number of aromatic nitrogens is 7. The average Bonchev–Trinajstić information content (AvgIpc) is 3.28. The predicted molar refractivity (Wildman–Crippen MR) is 92.3 cm³/mol. The van der Waals surface area contributed by atoms with Crippen molar-refractivity contribution in [3.63, 3.8) is 0 Å². The topological polar surface area (TPSA) is 123 Å². The van der Waals surface area contributed by atoms with Gasteiger partial charge < -0.3 is 14.3 Å². The number of nitrogens with zero attached hydrogens (tertiary/aromatic N) is 5. The minimum Gasteiger partial charge on any atom is -0.483 e.